The molecule has 0 radical (unpaired) electrons. The number of hydrogen-bond acceptors (Lipinski definition) is 3. The molecule has 2 rings (SSSR count). The Hall–Kier alpha value is -1.96. The van der Waals surface area contributed by atoms with Gasteiger partial charge >= 0.3 is 5.97 Å². The third kappa shape index (κ3) is 3.32. The summed E-state index contributed by atoms with van der Waals surface area (Å²) in [5.74, 6) is -1.52. The molecule has 1 heterocycles. The Morgan fingerprint density at radius 2 is 2.00 bits per heavy atom. The molecule has 2 aromatic rings. The average Bonchev–Trinajstić information content (AvgIpc) is 2.40. The van der Waals surface area contributed by atoms with Crippen LogP contribution in [-0.4, -0.2) is 22.0 Å². The largest absolute Gasteiger partial charge is 0.478 e. The van der Waals surface area contributed by atoms with Crippen LogP contribution in [0.3, 0.4) is 0 Å². The van der Waals surface area contributed by atoms with E-state index in [0.29, 0.717) is 0 Å². The number of carboxylic acids is 1. The summed E-state index contributed by atoms with van der Waals surface area (Å²) in [6.07, 6.45) is 0. The van der Waals surface area contributed by atoms with Gasteiger partial charge in [0.25, 0.3) is 5.91 Å². The number of carbonyl (C=O) groups excluding carboxylic acids is 1. The topological polar surface area (TPSA) is 79.3 Å². The molecule has 1 amide bonds. The number of rotatable bonds is 3. The van der Waals surface area contributed by atoms with Crippen LogP contribution in [-0.2, 0) is 0 Å². The van der Waals surface area contributed by atoms with Gasteiger partial charge in [0.1, 0.15) is 5.69 Å². The second-order valence-electron chi connectivity index (χ2n) is 4.11. The zero-order chi connectivity index (χ0) is 14.7. The molecule has 0 aliphatic carbocycles. The fourth-order valence-electron chi connectivity index (χ4n) is 1.66. The van der Waals surface area contributed by atoms with Gasteiger partial charge in [-0.3, -0.25) is 4.79 Å². The number of aromatic carboxylic acids is 1. The number of amides is 1. The van der Waals surface area contributed by atoms with Crippen LogP contribution in [0.15, 0.2) is 36.4 Å². The van der Waals surface area contributed by atoms with E-state index in [1.165, 1.54) is 6.07 Å². The summed E-state index contributed by atoms with van der Waals surface area (Å²) in [6, 6.07) is 9.89. The quantitative estimate of drug-likeness (QED) is 0.801. The number of carboxylic acid groups (broad SMARTS) is 1. The minimum atomic E-state index is -1.09. The molecule has 0 unspecified atom stereocenters. The van der Waals surface area contributed by atoms with Gasteiger partial charge in [0.05, 0.1) is 11.3 Å². The van der Waals surface area contributed by atoms with Crippen molar-refractivity contribution in [3.05, 3.63) is 56.9 Å². The summed E-state index contributed by atoms with van der Waals surface area (Å²) in [6.45, 7) is 1.78. The molecule has 0 fully saturated rings. The third-order valence-electron chi connectivity index (χ3n) is 2.58. The van der Waals surface area contributed by atoms with Crippen molar-refractivity contribution < 1.29 is 14.7 Å². The summed E-state index contributed by atoms with van der Waals surface area (Å²) < 4.78 is 0.784. The van der Waals surface area contributed by atoms with Crippen LogP contribution in [0, 0.1) is 10.5 Å². The molecule has 0 saturated heterocycles. The normalized spacial score (nSPS) is 10.1. The van der Waals surface area contributed by atoms with E-state index < -0.39 is 11.9 Å². The minimum Gasteiger partial charge on any atom is -0.478 e. The van der Waals surface area contributed by atoms with Crippen LogP contribution in [0.25, 0.3) is 0 Å². The highest BCUT2D eigenvalue weighted by molar-refractivity contribution is 14.1. The molecule has 20 heavy (non-hydrogen) atoms. The van der Waals surface area contributed by atoms with E-state index in [0.717, 1.165) is 9.26 Å². The fraction of sp³-hybridized carbons (Fsp3) is 0.0714. The van der Waals surface area contributed by atoms with Crippen LogP contribution in [0.4, 0.5) is 5.69 Å². The average molecular weight is 382 g/mol. The monoisotopic (exact) mass is 382 g/mol. The molecular formula is C14H11IN2O3. The van der Waals surface area contributed by atoms with Crippen molar-refractivity contribution in [2.45, 2.75) is 6.92 Å². The lowest BCUT2D eigenvalue weighted by molar-refractivity contribution is 0.0698. The number of hydrogen-bond donors (Lipinski definition) is 2. The van der Waals surface area contributed by atoms with Gasteiger partial charge in [0.2, 0.25) is 0 Å². The van der Waals surface area contributed by atoms with Gasteiger partial charge in [0, 0.05) is 9.26 Å². The van der Waals surface area contributed by atoms with Crippen molar-refractivity contribution in [2.75, 3.05) is 5.32 Å². The first-order valence-electron chi connectivity index (χ1n) is 5.75. The molecule has 0 aliphatic rings. The SMILES string of the molecule is Cc1cccc(C(=O)Nc2ccc(I)cc2C(=O)O)n1. The maximum absolute atomic E-state index is 12.1. The van der Waals surface area contributed by atoms with Crippen LogP contribution in [0.1, 0.15) is 26.5 Å². The molecule has 0 bridgehead atoms. The number of anilines is 1. The summed E-state index contributed by atoms with van der Waals surface area (Å²) >= 11 is 2.02. The highest BCUT2D eigenvalue weighted by atomic mass is 127. The van der Waals surface area contributed by atoms with Crippen LogP contribution >= 0.6 is 22.6 Å². The van der Waals surface area contributed by atoms with E-state index in [1.807, 2.05) is 22.6 Å². The van der Waals surface area contributed by atoms with E-state index in [2.05, 4.69) is 10.3 Å². The minimum absolute atomic E-state index is 0.0536. The van der Waals surface area contributed by atoms with E-state index in [-0.39, 0.29) is 16.9 Å². The maximum Gasteiger partial charge on any atom is 0.337 e. The fourth-order valence-corrected chi connectivity index (χ4v) is 2.15. The number of aryl methyl sites for hydroxylation is 1. The van der Waals surface area contributed by atoms with Gasteiger partial charge in [-0.2, -0.15) is 0 Å². The molecule has 1 aromatic heterocycles. The van der Waals surface area contributed by atoms with Gasteiger partial charge in [-0.25, -0.2) is 9.78 Å². The molecule has 2 N–H and O–H groups in total. The second-order valence-corrected chi connectivity index (χ2v) is 5.36. The Kier molecular flexibility index (Phi) is 4.33. The summed E-state index contributed by atoms with van der Waals surface area (Å²) in [5, 5.41) is 11.7. The molecule has 0 saturated carbocycles. The first-order chi connectivity index (χ1) is 9.47. The lowest BCUT2D eigenvalue weighted by Crippen LogP contribution is -2.16. The first kappa shape index (κ1) is 14.4. The third-order valence-corrected chi connectivity index (χ3v) is 3.25. The highest BCUT2D eigenvalue weighted by Crippen LogP contribution is 2.19. The van der Waals surface area contributed by atoms with Crippen molar-refractivity contribution in [1.29, 1.82) is 0 Å². The second kappa shape index (κ2) is 6.00. The number of aromatic nitrogens is 1. The molecule has 0 atom stereocenters. The van der Waals surface area contributed by atoms with Gasteiger partial charge in [-0.05, 0) is 59.8 Å². The van der Waals surface area contributed by atoms with Crippen LogP contribution < -0.4 is 5.32 Å². The summed E-state index contributed by atoms with van der Waals surface area (Å²) in [5.41, 5.74) is 1.28. The maximum atomic E-state index is 12.1. The van der Waals surface area contributed by atoms with Crippen LogP contribution in [0.5, 0.6) is 0 Å². The van der Waals surface area contributed by atoms with Crippen molar-refractivity contribution in [2.24, 2.45) is 0 Å². The van der Waals surface area contributed by atoms with Gasteiger partial charge in [-0.1, -0.05) is 6.07 Å². The molecular weight excluding hydrogens is 371 g/mol. The van der Waals surface area contributed by atoms with Crippen LogP contribution in [0.2, 0.25) is 0 Å². The standard InChI is InChI=1S/C14H11IN2O3/c1-8-3-2-4-12(16-8)13(18)17-11-6-5-9(15)7-10(11)14(19)20/h2-7H,1H3,(H,17,18)(H,19,20). The molecule has 1 aromatic carbocycles. The lowest BCUT2D eigenvalue weighted by atomic mass is 10.1. The Bertz CT molecular complexity index is 686. The van der Waals surface area contributed by atoms with E-state index in [9.17, 15) is 9.59 Å². The number of pyridine rings is 1. The summed E-state index contributed by atoms with van der Waals surface area (Å²) in [7, 11) is 0. The first-order valence-corrected chi connectivity index (χ1v) is 6.83. The molecule has 102 valence electrons. The zero-order valence-corrected chi connectivity index (χ0v) is 12.7. The van der Waals surface area contributed by atoms with E-state index in [4.69, 9.17) is 5.11 Å². The Morgan fingerprint density at radius 1 is 1.25 bits per heavy atom. The summed E-state index contributed by atoms with van der Waals surface area (Å²) in [4.78, 5) is 27.3. The van der Waals surface area contributed by atoms with Crippen molar-refractivity contribution in [3.8, 4) is 0 Å². The van der Waals surface area contributed by atoms with E-state index >= 15 is 0 Å². The lowest BCUT2D eigenvalue weighted by Gasteiger charge is -2.08. The molecule has 0 spiro atoms. The van der Waals surface area contributed by atoms with Gasteiger partial charge in [-0.15, -0.1) is 0 Å². The molecule has 5 nitrogen and oxygen atoms in total. The van der Waals surface area contributed by atoms with E-state index in [1.54, 1.807) is 37.3 Å². The number of nitrogens with zero attached hydrogens (tertiary/aromatic N) is 1. The predicted molar refractivity (Wildman–Crippen MR) is 83.0 cm³/mol. The number of nitrogens with one attached hydrogen (secondary N) is 1. The van der Waals surface area contributed by atoms with Crippen molar-refractivity contribution in [1.82, 2.24) is 4.98 Å². The molecule has 0 aliphatic heterocycles. The number of carbonyl (C=O) groups is 2. The van der Waals surface area contributed by atoms with Crippen molar-refractivity contribution in [3.63, 3.8) is 0 Å². The number of benzene rings is 1. The van der Waals surface area contributed by atoms with Crippen molar-refractivity contribution >= 4 is 40.2 Å². The highest BCUT2D eigenvalue weighted by Gasteiger charge is 2.14. The Labute approximate surface area is 129 Å². The Balaban J connectivity index is 2.30. The smallest absolute Gasteiger partial charge is 0.337 e. The van der Waals surface area contributed by atoms with Gasteiger partial charge < -0.3 is 10.4 Å². The van der Waals surface area contributed by atoms with Gasteiger partial charge in [0.15, 0.2) is 0 Å². The Morgan fingerprint density at radius 3 is 2.65 bits per heavy atom. The number of halogens is 1. The predicted octanol–water partition coefficient (Wildman–Crippen LogP) is 2.95. The zero-order valence-electron chi connectivity index (χ0n) is 10.6. The molecule has 6 heteroatoms.